The van der Waals surface area contributed by atoms with E-state index in [4.69, 9.17) is 5.26 Å². The van der Waals surface area contributed by atoms with Crippen LogP contribution in [0.25, 0.3) is 0 Å². The summed E-state index contributed by atoms with van der Waals surface area (Å²) >= 11 is 0. The standard InChI is InChI=1S/C12H19N/c13-10-11-4-8-12(9-5-11)6-2-1-3-7-12/h11H,1-9H2. The Morgan fingerprint density at radius 3 is 2.08 bits per heavy atom. The number of hydrogen-bond donors (Lipinski definition) is 0. The van der Waals surface area contributed by atoms with Crippen molar-refractivity contribution in [1.82, 2.24) is 0 Å². The number of rotatable bonds is 0. The third-order valence-electron chi connectivity index (χ3n) is 4.14. The van der Waals surface area contributed by atoms with E-state index < -0.39 is 0 Å². The van der Waals surface area contributed by atoms with Gasteiger partial charge in [-0.3, -0.25) is 0 Å². The van der Waals surface area contributed by atoms with Crippen molar-refractivity contribution in [3.63, 3.8) is 0 Å². The van der Waals surface area contributed by atoms with Gasteiger partial charge in [0.25, 0.3) is 0 Å². The Balaban J connectivity index is 1.92. The van der Waals surface area contributed by atoms with Crippen molar-refractivity contribution < 1.29 is 0 Å². The fourth-order valence-corrected chi connectivity index (χ4v) is 3.16. The second-order valence-corrected chi connectivity index (χ2v) is 4.96. The second-order valence-electron chi connectivity index (χ2n) is 4.96. The Bertz CT molecular complexity index is 198. The lowest BCUT2D eigenvalue weighted by molar-refractivity contribution is 0.110. The summed E-state index contributed by atoms with van der Waals surface area (Å²) in [6.45, 7) is 0. The van der Waals surface area contributed by atoms with E-state index in [1.807, 2.05) is 0 Å². The highest BCUT2D eigenvalue weighted by molar-refractivity contribution is 4.94. The Morgan fingerprint density at radius 2 is 1.54 bits per heavy atom. The van der Waals surface area contributed by atoms with Gasteiger partial charge in [-0.2, -0.15) is 5.26 Å². The molecule has 2 fully saturated rings. The first kappa shape index (κ1) is 9.06. The maximum Gasteiger partial charge on any atom is 0.0655 e. The molecule has 0 N–H and O–H groups in total. The first-order valence-corrected chi connectivity index (χ1v) is 5.74. The van der Waals surface area contributed by atoms with Crippen LogP contribution in [0.15, 0.2) is 0 Å². The summed E-state index contributed by atoms with van der Waals surface area (Å²) in [5.41, 5.74) is 0.686. The molecule has 2 rings (SSSR count). The second kappa shape index (κ2) is 3.70. The number of nitrogens with zero attached hydrogens (tertiary/aromatic N) is 1. The Hall–Kier alpha value is -0.510. The molecule has 1 nitrogen and oxygen atoms in total. The Labute approximate surface area is 81.1 Å². The van der Waals surface area contributed by atoms with Crippen molar-refractivity contribution in [2.75, 3.05) is 0 Å². The fourth-order valence-electron chi connectivity index (χ4n) is 3.16. The first-order valence-electron chi connectivity index (χ1n) is 5.74. The van der Waals surface area contributed by atoms with Crippen LogP contribution in [0.3, 0.4) is 0 Å². The molecule has 0 heterocycles. The van der Waals surface area contributed by atoms with Crippen LogP contribution in [0.5, 0.6) is 0 Å². The van der Waals surface area contributed by atoms with Crippen molar-refractivity contribution in [2.45, 2.75) is 57.8 Å². The van der Waals surface area contributed by atoms with Crippen LogP contribution in [-0.4, -0.2) is 0 Å². The van der Waals surface area contributed by atoms with Crippen molar-refractivity contribution in [3.05, 3.63) is 0 Å². The number of hydrogen-bond acceptors (Lipinski definition) is 1. The van der Waals surface area contributed by atoms with Crippen molar-refractivity contribution >= 4 is 0 Å². The molecule has 0 aliphatic heterocycles. The van der Waals surface area contributed by atoms with E-state index in [2.05, 4.69) is 6.07 Å². The molecule has 0 bridgehead atoms. The van der Waals surface area contributed by atoms with Gasteiger partial charge in [0.05, 0.1) is 6.07 Å². The van der Waals surface area contributed by atoms with Crippen LogP contribution in [0, 0.1) is 22.7 Å². The minimum atomic E-state index is 0.382. The third kappa shape index (κ3) is 1.88. The molecule has 2 aliphatic rings. The normalized spacial score (nSPS) is 28.5. The van der Waals surface area contributed by atoms with Gasteiger partial charge < -0.3 is 0 Å². The van der Waals surface area contributed by atoms with E-state index in [0.717, 1.165) is 0 Å². The molecule has 2 saturated carbocycles. The van der Waals surface area contributed by atoms with Crippen LogP contribution in [-0.2, 0) is 0 Å². The fraction of sp³-hybridized carbons (Fsp3) is 0.917. The molecule has 0 aromatic rings. The molecule has 0 radical (unpaired) electrons. The van der Waals surface area contributed by atoms with Crippen LogP contribution >= 0.6 is 0 Å². The molecule has 13 heavy (non-hydrogen) atoms. The lowest BCUT2D eigenvalue weighted by atomic mass is 9.63. The summed E-state index contributed by atoms with van der Waals surface area (Å²) in [6.07, 6.45) is 12.3. The lowest BCUT2D eigenvalue weighted by Crippen LogP contribution is -2.29. The van der Waals surface area contributed by atoms with E-state index in [-0.39, 0.29) is 0 Å². The van der Waals surface area contributed by atoms with Gasteiger partial charge in [0, 0.05) is 5.92 Å². The summed E-state index contributed by atoms with van der Waals surface area (Å²) < 4.78 is 0. The molecule has 0 aromatic heterocycles. The smallest absolute Gasteiger partial charge is 0.0655 e. The van der Waals surface area contributed by atoms with Gasteiger partial charge in [-0.1, -0.05) is 19.3 Å². The zero-order chi connectivity index (χ0) is 9.15. The highest BCUT2D eigenvalue weighted by Gasteiger charge is 2.35. The van der Waals surface area contributed by atoms with Crippen molar-refractivity contribution in [2.24, 2.45) is 11.3 Å². The summed E-state index contributed by atoms with van der Waals surface area (Å²) in [7, 11) is 0. The molecule has 2 aliphatic carbocycles. The molecule has 1 heteroatoms. The van der Waals surface area contributed by atoms with E-state index in [1.54, 1.807) is 0 Å². The largest absolute Gasteiger partial charge is 0.198 e. The minimum Gasteiger partial charge on any atom is -0.198 e. The van der Waals surface area contributed by atoms with Crippen LogP contribution in [0.4, 0.5) is 0 Å². The zero-order valence-corrected chi connectivity index (χ0v) is 8.39. The van der Waals surface area contributed by atoms with Gasteiger partial charge in [0.15, 0.2) is 0 Å². The lowest BCUT2D eigenvalue weighted by Gasteiger charge is -2.41. The Kier molecular flexibility index (Phi) is 2.58. The Morgan fingerprint density at radius 1 is 0.923 bits per heavy atom. The number of nitriles is 1. The van der Waals surface area contributed by atoms with Crippen LogP contribution in [0.2, 0.25) is 0 Å². The minimum absolute atomic E-state index is 0.382. The van der Waals surface area contributed by atoms with Gasteiger partial charge >= 0.3 is 0 Å². The molecular weight excluding hydrogens is 158 g/mol. The predicted octanol–water partition coefficient (Wildman–Crippen LogP) is 3.65. The van der Waals surface area contributed by atoms with E-state index in [0.29, 0.717) is 11.3 Å². The summed E-state index contributed by atoms with van der Waals surface area (Å²) in [4.78, 5) is 0. The molecule has 0 saturated heterocycles. The van der Waals surface area contributed by atoms with Crippen molar-refractivity contribution in [3.8, 4) is 6.07 Å². The van der Waals surface area contributed by atoms with Gasteiger partial charge in [-0.05, 0) is 43.9 Å². The van der Waals surface area contributed by atoms with E-state index >= 15 is 0 Å². The molecular formula is C12H19N. The monoisotopic (exact) mass is 177 g/mol. The molecule has 72 valence electrons. The van der Waals surface area contributed by atoms with Gasteiger partial charge in [-0.15, -0.1) is 0 Å². The van der Waals surface area contributed by atoms with Gasteiger partial charge in [0.2, 0.25) is 0 Å². The van der Waals surface area contributed by atoms with E-state index in [1.165, 1.54) is 57.8 Å². The average molecular weight is 177 g/mol. The predicted molar refractivity (Wildman–Crippen MR) is 53.1 cm³/mol. The maximum absolute atomic E-state index is 8.83. The molecule has 0 atom stereocenters. The molecule has 0 amide bonds. The summed E-state index contributed by atoms with van der Waals surface area (Å²) in [5.74, 6) is 0.382. The SMILES string of the molecule is N#CC1CCC2(CCCCC2)CC1. The van der Waals surface area contributed by atoms with Crippen LogP contribution < -0.4 is 0 Å². The quantitative estimate of drug-likeness (QED) is 0.554. The highest BCUT2D eigenvalue weighted by Crippen LogP contribution is 2.48. The molecule has 1 spiro atoms. The van der Waals surface area contributed by atoms with Crippen LogP contribution in [0.1, 0.15) is 57.8 Å². The zero-order valence-electron chi connectivity index (χ0n) is 8.39. The average Bonchev–Trinajstić information content (AvgIpc) is 2.20. The third-order valence-corrected chi connectivity index (χ3v) is 4.14. The van der Waals surface area contributed by atoms with Crippen molar-refractivity contribution in [1.29, 1.82) is 5.26 Å². The highest BCUT2D eigenvalue weighted by atomic mass is 14.4. The molecule has 0 aromatic carbocycles. The maximum atomic E-state index is 8.83. The molecule has 0 unspecified atom stereocenters. The van der Waals surface area contributed by atoms with Gasteiger partial charge in [0.1, 0.15) is 0 Å². The van der Waals surface area contributed by atoms with E-state index in [9.17, 15) is 0 Å². The topological polar surface area (TPSA) is 23.8 Å². The summed E-state index contributed by atoms with van der Waals surface area (Å²) in [5, 5.41) is 8.83. The first-order chi connectivity index (χ1) is 6.35. The summed E-state index contributed by atoms with van der Waals surface area (Å²) in [6, 6.07) is 2.43. The van der Waals surface area contributed by atoms with Gasteiger partial charge in [-0.25, -0.2) is 0 Å².